The molecular formula is C25H32N2O2. The number of carbonyl (C=O) groups is 1. The SMILES string of the molecule is CC1CN(C2CCN(C(=O)CC(c3ccccc3)c3ccccc3)CC2)CCO1. The summed E-state index contributed by atoms with van der Waals surface area (Å²) in [6.07, 6.45) is 2.99. The van der Waals surface area contributed by atoms with Crippen molar-refractivity contribution in [2.45, 2.75) is 44.2 Å². The summed E-state index contributed by atoms with van der Waals surface area (Å²) in [5, 5.41) is 0. The van der Waals surface area contributed by atoms with Gasteiger partial charge in [-0.1, -0.05) is 60.7 Å². The Morgan fingerprint density at radius 1 is 0.966 bits per heavy atom. The van der Waals surface area contributed by atoms with Gasteiger partial charge in [-0.2, -0.15) is 0 Å². The minimum absolute atomic E-state index is 0.114. The largest absolute Gasteiger partial charge is 0.376 e. The zero-order valence-electron chi connectivity index (χ0n) is 17.4. The number of likely N-dealkylation sites (tertiary alicyclic amines) is 1. The van der Waals surface area contributed by atoms with Crippen LogP contribution in [-0.4, -0.2) is 60.6 Å². The monoisotopic (exact) mass is 392 g/mol. The van der Waals surface area contributed by atoms with Crippen LogP contribution in [0.5, 0.6) is 0 Å². The smallest absolute Gasteiger partial charge is 0.223 e. The van der Waals surface area contributed by atoms with Crippen molar-refractivity contribution < 1.29 is 9.53 Å². The third-order valence-electron chi connectivity index (χ3n) is 6.39. The molecule has 4 nitrogen and oxygen atoms in total. The Hall–Kier alpha value is -2.17. The number of piperidine rings is 1. The fourth-order valence-electron chi connectivity index (χ4n) is 4.76. The Morgan fingerprint density at radius 2 is 1.55 bits per heavy atom. The normalized spacial score (nSPS) is 21.4. The van der Waals surface area contributed by atoms with E-state index in [1.165, 1.54) is 11.1 Å². The summed E-state index contributed by atoms with van der Waals surface area (Å²) in [4.78, 5) is 17.8. The second kappa shape index (κ2) is 9.55. The lowest BCUT2D eigenvalue weighted by atomic mass is 9.88. The summed E-state index contributed by atoms with van der Waals surface area (Å²) in [6, 6.07) is 21.4. The Kier molecular flexibility index (Phi) is 6.63. The fourth-order valence-corrected chi connectivity index (χ4v) is 4.76. The maximum absolute atomic E-state index is 13.2. The Morgan fingerprint density at radius 3 is 2.10 bits per heavy atom. The number of benzene rings is 2. The van der Waals surface area contributed by atoms with Crippen LogP contribution in [0.1, 0.15) is 43.2 Å². The highest BCUT2D eigenvalue weighted by Gasteiger charge is 2.30. The van der Waals surface area contributed by atoms with Gasteiger partial charge < -0.3 is 9.64 Å². The summed E-state index contributed by atoms with van der Waals surface area (Å²) in [5.74, 6) is 0.388. The van der Waals surface area contributed by atoms with Crippen LogP contribution in [0.3, 0.4) is 0 Å². The van der Waals surface area contributed by atoms with E-state index in [1.54, 1.807) is 0 Å². The van der Waals surface area contributed by atoms with Crippen molar-refractivity contribution in [1.29, 1.82) is 0 Å². The molecule has 154 valence electrons. The predicted molar refractivity (Wildman–Crippen MR) is 116 cm³/mol. The van der Waals surface area contributed by atoms with Gasteiger partial charge in [0, 0.05) is 44.6 Å². The Labute approximate surface area is 174 Å². The molecule has 2 aliphatic heterocycles. The third kappa shape index (κ3) is 5.06. The van der Waals surface area contributed by atoms with Crippen molar-refractivity contribution in [2.24, 2.45) is 0 Å². The summed E-state index contributed by atoms with van der Waals surface area (Å²) in [6.45, 7) is 6.75. The van der Waals surface area contributed by atoms with Crippen LogP contribution in [0.25, 0.3) is 0 Å². The summed E-state index contributed by atoms with van der Waals surface area (Å²) in [7, 11) is 0. The van der Waals surface area contributed by atoms with Crippen molar-refractivity contribution in [3.05, 3.63) is 71.8 Å². The number of ether oxygens (including phenoxy) is 1. The van der Waals surface area contributed by atoms with Crippen LogP contribution in [-0.2, 0) is 9.53 Å². The molecule has 0 aromatic heterocycles. The standard InChI is InChI=1S/C25H32N2O2/c1-20-19-27(16-17-29-20)23-12-14-26(15-13-23)25(28)18-24(21-8-4-2-5-9-21)22-10-6-3-7-11-22/h2-11,20,23-24H,12-19H2,1H3. The maximum atomic E-state index is 13.2. The van der Waals surface area contributed by atoms with Crippen molar-refractivity contribution in [1.82, 2.24) is 9.80 Å². The van der Waals surface area contributed by atoms with Crippen LogP contribution in [0, 0.1) is 0 Å². The number of hydrogen-bond donors (Lipinski definition) is 0. The number of rotatable bonds is 5. The molecule has 4 rings (SSSR count). The zero-order valence-corrected chi connectivity index (χ0v) is 17.4. The first kappa shape index (κ1) is 20.1. The molecule has 0 saturated carbocycles. The zero-order chi connectivity index (χ0) is 20.1. The molecule has 2 aromatic rings. The molecule has 0 N–H and O–H groups in total. The third-order valence-corrected chi connectivity index (χ3v) is 6.39. The topological polar surface area (TPSA) is 32.8 Å². The first-order valence-electron chi connectivity index (χ1n) is 10.9. The number of amides is 1. The molecule has 0 radical (unpaired) electrons. The molecule has 1 atom stereocenters. The lowest BCUT2D eigenvalue weighted by molar-refractivity contribution is -0.133. The molecule has 1 amide bonds. The molecule has 2 fully saturated rings. The first-order chi connectivity index (χ1) is 14.2. The first-order valence-corrected chi connectivity index (χ1v) is 10.9. The van der Waals surface area contributed by atoms with Crippen molar-refractivity contribution >= 4 is 5.91 Å². The number of morpholine rings is 1. The van der Waals surface area contributed by atoms with E-state index in [1.807, 2.05) is 12.1 Å². The van der Waals surface area contributed by atoms with Crippen molar-refractivity contribution in [2.75, 3.05) is 32.8 Å². The van der Waals surface area contributed by atoms with E-state index >= 15 is 0 Å². The van der Waals surface area contributed by atoms with E-state index in [4.69, 9.17) is 4.74 Å². The van der Waals surface area contributed by atoms with E-state index in [0.29, 0.717) is 18.6 Å². The highest BCUT2D eigenvalue weighted by Crippen LogP contribution is 2.29. The van der Waals surface area contributed by atoms with Gasteiger partial charge in [0.15, 0.2) is 0 Å². The summed E-state index contributed by atoms with van der Waals surface area (Å²) < 4.78 is 5.68. The number of nitrogens with zero attached hydrogens (tertiary/aromatic N) is 2. The van der Waals surface area contributed by atoms with Gasteiger partial charge >= 0.3 is 0 Å². The number of carbonyl (C=O) groups excluding carboxylic acids is 1. The van der Waals surface area contributed by atoms with Crippen LogP contribution in [0.2, 0.25) is 0 Å². The molecule has 1 unspecified atom stereocenters. The summed E-state index contributed by atoms with van der Waals surface area (Å²) in [5.41, 5.74) is 2.42. The molecular weight excluding hydrogens is 360 g/mol. The molecule has 2 aliphatic rings. The van der Waals surface area contributed by atoms with E-state index in [-0.39, 0.29) is 11.8 Å². The highest BCUT2D eigenvalue weighted by atomic mass is 16.5. The van der Waals surface area contributed by atoms with Crippen LogP contribution >= 0.6 is 0 Å². The molecule has 2 heterocycles. The average Bonchev–Trinajstić information content (AvgIpc) is 2.78. The lowest BCUT2D eigenvalue weighted by Gasteiger charge is -2.41. The van der Waals surface area contributed by atoms with Gasteiger partial charge in [-0.25, -0.2) is 0 Å². The van der Waals surface area contributed by atoms with Gasteiger partial charge in [-0.3, -0.25) is 9.69 Å². The average molecular weight is 393 g/mol. The van der Waals surface area contributed by atoms with E-state index in [2.05, 4.69) is 65.3 Å². The van der Waals surface area contributed by atoms with E-state index in [9.17, 15) is 4.79 Å². The van der Waals surface area contributed by atoms with Crippen LogP contribution < -0.4 is 0 Å². The van der Waals surface area contributed by atoms with Crippen molar-refractivity contribution in [3.63, 3.8) is 0 Å². The molecule has 0 aliphatic carbocycles. The second-order valence-corrected chi connectivity index (χ2v) is 8.37. The van der Waals surface area contributed by atoms with Gasteiger partial charge in [0.1, 0.15) is 0 Å². The van der Waals surface area contributed by atoms with Crippen molar-refractivity contribution in [3.8, 4) is 0 Å². The molecule has 0 spiro atoms. The number of hydrogen-bond acceptors (Lipinski definition) is 3. The molecule has 4 heteroatoms. The lowest BCUT2D eigenvalue weighted by Crippen LogP contribution is -2.51. The Bertz CT molecular complexity index is 732. The highest BCUT2D eigenvalue weighted by molar-refractivity contribution is 5.78. The quantitative estimate of drug-likeness (QED) is 0.773. The minimum atomic E-state index is 0.114. The molecule has 2 saturated heterocycles. The fraction of sp³-hybridized carbons (Fsp3) is 0.480. The van der Waals surface area contributed by atoms with Crippen LogP contribution in [0.15, 0.2) is 60.7 Å². The van der Waals surface area contributed by atoms with Gasteiger partial charge in [0.25, 0.3) is 0 Å². The van der Waals surface area contributed by atoms with Gasteiger partial charge in [0.2, 0.25) is 5.91 Å². The maximum Gasteiger partial charge on any atom is 0.223 e. The van der Waals surface area contributed by atoms with E-state index in [0.717, 1.165) is 45.6 Å². The summed E-state index contributed by atoms with van der Waals surface area (Å²) >= 11 is 0. The molecule has 29 heavy (non-hydrogen) atoms. The van der Waals surface area contributed by atoms with E-state index < -0.39 is 0 Å². The van der Waals surface area contributed by atoms with Gasteiger partial charge in [-0.05, 0) is 30.9 Å². The predicted octanol–water partition coefficient (Wildman–Crippen LogP) is 3.92. The Balaban J connectivity index is 1.39. The van der Waals surface area contributed by atoms with Gasteiger partial charge in [0.05, 0.1) is 12.7 Å². The van der Waals surface area contributed by atoms with Gasteiger partial charge in [-0.15, -0.1) is 0 Å². The molecule has 2 aromatic carbocycles. The van der Waals surface area contributed by atoms with Crippen LogP contribution in [0.4, 0.5) is 0 Å². The minimum Gasteiger partial charge on any atom is -0.376 e. The second-order valence-electron chi connectivity index (χ2n) is 8.37. The molecule has 0 bridgehead atoms.